The predicted octanol–water partition coefficient (Wildman–Crippen LogP) is 3.17. The fourth-order valence-electron chi connectivity index (χ4n) is 2.46. The molecule has 0 N–H and O–H groups in total. The van der Waals surface area contributed by atoms with Crippen LogP contribution in [0.15, 0.2) is 6.07 Å². The molecule has 0 amide bonds. The highest BCUT2D eigenvalue weighted by Gasteiger charge is 2.21. The van der Waals surface area contributed by atoms with Gasteiger partial charge in [-0.25, -0.2) is 4.98 Å². The fraction of sp³-hybridized carbons (Fsp3) is 0.533. The number of aryl methyl sites for hydroxylation is 2. The zero-order chi connectivity index (χ0) is 13.6. The van der Waals surface area contributed by atoms with Crippen LogP contribution < -0.4 is 4.74 Å². The maximum Gasteiger partial charge on any atom is 0.226 e. The van der Waals surface area contributed by atoms with Gasteiger partial charge in [-0.15, -0.1) is 0 Å². The van der Waals surface area contributed by atoms with Crippen LogP contribution in [0.1, 0.15) is 50.3 Å². The van der Waals surface area contributed by atoms with Crippen LogP contribution in [0.5, 0.6) is 5.88 Å². The fourth-order valence-corrected chi connectivity index (χ4v) is 2.46. The highest BCUT2D eigenvalue weighted by Crippen LogP contribution is 2.32. The molecule has 19 heavy (non-hydrogen) atoms. The number of hydrogen-bond donors (Lipinski definition) is 0. The Kier molecular flexibility index (Phi) is 2.88. The van der Waals surface area contributed by atoms with Gasteiger partial charge >= 0.3 is 0 Å². The number of rotatable bonds is 1. The van der Waals surface area contributed by atoms with Crippen molar-refractivity contribution in [3.63, 3.8) is 0 Å². The molecule has 0 saturated heterocycles. The Labute approximate surface area is 113 Å². The molecule has 0 spiro atoms. The van der Waals surface area contributed by atoms with E-state index in [0.29, 0.717) is 11.8 Å². The van der Waals surface area contributed by atoms with Crippen LogP contribution in [-0.2, 0) is 6.42 Å². The molecule has 0 saturated carbocycles. The lowest BCUT2D eigenvalue weighted by Gasteiger charge is -2.13. The van der Waals surface area contributed by atoms with Gasteiger partial charge in [0.2, 0.25) is 5.88 Å². The molecule has 0 aliphatic carbocycles. The zero-order valence-corrected chi connectivity index (χ0v) is 11.9. The first-order valence-electron chi connectivity index (χ1n) is 6.89. The quantitative estimate of drug-likeness (QED) is 0.787. The van der Waals surface area contributed by atoms with Crippen molar-refractivity contribution in [1.29, 1.82) is 0 Å². The molecule has 1 aliphatic rings. The Morgan fingerprint density at radius 2 is 2.05 bits per heavy atom. The van der Waals surface area contributed by atoms with Crippen LogP contribution in [0.3, 0.4) is 0 Å². The Bertz CT molecular complexity index is 637. The molecule has 4 heteroatoms. The van der Waals surface area contributed by atoms with Gasteiger partial charge in [0.15, 0.2) is 0 Å². The number of pyridine rings is 1. The zero-order valence-electron chi connectivity index (χ0n) is 11.9. The second kappa shape index (κ2) is 4.44. The Balaban J connectivity index is 2.32. The van der Waals surface area contributed by atoms with E-state index in [1.165, 1.54) is 0 Å². The first kappa shape index (κ1) is 12.3. The summed E-state index contributed by atoms with van der Waals surface area (Å²) in [7, 11) is 0. The van der Waals surface area contributed by atoms with Crippen molar-refractivity contribution < 1.29 is 4.74 Å². The molecule has 0 radical (unpaired) electrons. The molecule has 0 aromatic carbocycles. The standard InChI is InChI=1S/C15H19N3O/c1-8(2)14-17-12-7-9(3)16-11-6-5-10(4)19-15(18-14)13(11)12/h7-8,10H,5-6H2,1-4H3. The maximum absolute atomic E-state index is 5.97. The van der Waals surface area contributed by atoms with Crippen molar-refractivity contribution in [3.05, 3.63) is 23.3 Å². The number of aromatic nitrogens is 3. The van der Waals surface area contributed by atoms with Gasteiger partial charge in [-0.3, -0.25) is 4.98 Å². The summed E-state index contributed by atoms with van der Waals surface area (Å²) in [5.74, 6) is 1.84. The van der Waals surface area contributed by atoms with Crippen LogP contribution in [-0.4, -0.2) is 21.1 Å². The van der Waals surface area contributed by atoms with E-state index in [9.17, 15) is 0 Å². The molecule has 3 heterocycles. The molecule has 1 unspecified atom stereocenters. The average Bonchev–Trinajstić information content (AvgIpc) is 2.49. The smallest absolute Gasteiger partial charge is 0.226 e. The topological polar surface area (TPSA) is 47.9 Å². The molecule has 100 valence electrons. The molecule has 3 rings (SSSR count). The van der Waals surface area contributed by atoms with Crippen LogP contribution in [0.2, 0.25) is 0 Å². The molecule has 2 aromatic rings. The van der Waals surface area contributed by atoms with E-state index >= 15 is 0 Å². The van der Waals surface area contributed by atoms with Crippen LogP contribution in [0.25, 0.3) is 10.9 Å². The SMILES string of the molecule is Cc1cc2nc(C(C)C)nc3c2c(n1)CCC(C)O3. The minimum atomic E-state index is 0.174. The van der Waals surface area contributed by atoms with Crippen LogP contribution in [0.4, 0.5) is 0 Å². The second-order valence-corrected chi connectivity index (χ2v) is 5.61. The van der Waals surface area contributed by atoms with E-state index < -0.39 is 0 Å². The highest BCUT2D eigenvalue weighted by molar-refractivity contribution is 5.86. The van der Waals surface area contributed by atoms with Crippen molar-refractivity contribution >= 4 is 10.9 Å². The second-order valence-electron chi connectivity index (χ2n) is 5.61. The predicted molar refractivity (Wildman–Crippen MR) is 74.6 cm³/mol. The van der Waals surface area contributed by atoms with Gasteiger partial charge in [0.05, 0.1) is 22.7 Å². The highest BCUT2D eigenvalue weighted by atomic mass is 16.5. The number of ether oxygens (including phenoxy) is 1. The molecule has 1 aliphatic heterocycles. The third kappa shape index (κ3) is 2.15. The van der Waals surface area contributed by atoms with Gasteiger partial charge in [0, 0.05) is 11.6 Å². The van der Waals surface area contributed by atoms with Gasteiger partial charge < -0.3 is 4.74 Å². The first-order chi connectivity index (χ1) is 9.04. The molecule has 0 bridgehead atoms. The third-order valence-electron chi connectivity index (χ3n) is 3.48. The van der Waals surface area contributed by atoms with Crippen LogP contribution >= 0.6 is 0 Å². The van der Waals surface area contributed by atoms with Gasteiger partial charge in [0.1, 0.15) is 5.82 Å². The van der Waals surface area contributed by atoms with Crippen molar-refractivity contribution in [2.24, 2.45) is 0 Å². The van der Waals surface area contributed by atoms with Crippen molar-refractivity contribution in [1.82, 2.24) is 15.0 Å². The minimum absolute atomic E-state index is 0.174. The van der Waals surface area contributed by atoms with E-state index in [1.54, 1.807) is 0 Å². The van der Waals surface area contributed by atoms with Crippen LogP contribution in [0, 0.1) is 6.92 Å². The summed E-state index contributed by atoms with van der Waals surface area (Å²) < 4.78 is 5.97. The number of hydrogen-bond acceptors (Lipinski definition) is 4. The number of nitrogens with zero attached hydrogens (tertiary/aromatic N) is 3. The summed E-state index contributed by atoms with van der Waals surface area (Å²) >= 11 is 0. The summed E-state index contributed by atoms with van der Waals surface area (Å²) in [5.41, 5.74) is 3.05. The summed E-state index contributed by atoms with van der Waals surface area (Å²) in [6.45, 7) is 8.30. The van der Waals surface area contributed by atoms with E-state index in [-0.39, 0.29) is 6.10 Å². The van der Waals surface area contributed by atoms with Gasteiger partial charge in [-0.2, -0.15) is 4.98 Å². The Hall–Kier alpha value is -1.71. The lowest BCUT2D eigenvalue weighted by atomic mass is 10.1. The average molecular weight is 257 g/mol. The van der Waals surface area contributed by atoms with Crippen molar-refractivity contribution in [2.75, 3.05) is 0 Å². The van der Waals surface area contributed by atoms with E-state index in [2.05, 4.69) is 35.7 Å². The first-order valence-corrected chi connectivity index (χ1v) is 6.89. The van der Waals surface area contributed by atoms with Crippen molar-refractivity contribution in [2.45, 2.75) is 52.6 Å². The lowest BCUT2D eigenvalue weighted by Crippen LogP contribution is -2.12. The monoisotopic (exact) mass is 257 g/mol. The largest absolute Gasteiger partial charge is 0.474 e. The molecule has 4 nitrogen and oxygen atoms in total. The normalized spacial score (nSPS) is 18.5. The maximum atomic E-state index is 5.97. The van der Waals surface area contributed by atoms with E-state index in [1.807, 2.05) is 13.0 Å². The Morgan fingerprint density at radius 3 is 2.79 bits per heavy atom. The minimum Gasteiger partial charge on any atom is -0.474 e. The van der Waals surface area contributed by atoms with E-state index in [4.69, 9.17) is 4.74 Å². The molecule has 0 fully saturated rings. The molecule has 1 atom stereocenters. The summed E-state index contributed by atoms with van der Waals surface area (Å²) in [6.07, 6.45) is 2.07. The van der Waals surface area contributed by atoms with Gasteiger partial charge in [0.25, 0.3) is 0 Å². The van der Waals surface area contributed by atoms with Crippen molar-refractivity contribution in [3.8, 4) is 5.88 Å². The summed E-state index contributed by atoms with van der Waals surface area (Å²) in [4.78, 5) is 13.9. The molecular formula is C15H19N3O. The van der Waals surface area contributed by atoms with E-state index in [0.717, 1.165) is 41.0 Å². The summed E-state index contributed by atoms with van der Waals surface area (Å²) in [6, 6.07) is 2.02. The molecular weight excluding hydrogens is 238 g/mol. The Morgan fingerprint density at radius 1 is 1.26 bits per heavy atom. The third-order valence-corrected chi connectivity index (χ3v) is 3.48. The molecule has 2 aromatic heterocycles. The van der Waals surface area contributed by atoms with Gasteiger partial charge in [-0.05, 0) is 32.8 Å². The lowest BCUT2D eigenvalue weighted by molar-refractivity contribution is 0.209. The summed E-state index contributed by atoms with van der Waals surface area (Å²) in [5, 5.41) is 0.999. The van der Waals surface area contributed by atoms with Gasteiger partial charge in [-0.1, -0.05) is 13.8 Å².